The van der Waals surface area contributed by atoms with Crippen molar-refractivity contribution in [3.8, 4) is 0 Å². The van der Waals surface area contributed by atoms with Gasteiger partial charge in [-0.2, -0.15) is 0 Å². The molecule has 19 heavy (non-hydrogen) atoms. The quantitative estimate of drug-likeness (QED) is 0.909. The second kappa shape index (κ2) is 5.85. The Morgan fingerprint density at radius 3 is 2.32 bits per heavy atom. The molecule has 0 saturated heterocycles. The topological polar surface area (TPSA) is 29.3 Å². The predicted octanol–water partition coefficient (Wildman–Crippen LogP) is 3.48. The van der Waals surface area contributed by atoms with Gasteiger partial charge in [0.1, 0.15) is 5.82 Å². The molecular formula is C16H19FN2. The van der Waals surface area contributed by atoms with Crippen LogP contribution in [0.3, 0.4) is 0 Å². The van der Waals surface area contributed by atoms with E-state index >= 15 is 0 Å². The Hall–Kier alpha value is -1.87. The van der Waals surface area contributed by atoms with E-state index in [4.69, 9.17) is 5.73 Å². The maximum absolute atomic E-state index is 13.6. The van der Waals surface area contributed by atoms with Crippen LogP contribution in [-0.2, 0) is 6.54 Å². The third-order valence-corrected chi connectivity index (χ3v) is 3.22. The lowest BCUT2D eigenvalue weighted by atomic mass is 10.1. The van der Waals surface area contributed by atoms with Crippen LogP contribution in [0.25, 0.3) is 0 Å². The smallest absolute Gasteiger partial charge is 0.128 e. The Bertz CT molecular complexity index is 535. The van der Waals surface area contributed by atoms with E-state index in [1.165, 1.54) is 6.07 Å². The molecule has 0 bridgehead atoms. The SMILES string of the molecule is C[C@@H](N)c1ccc(N(C)Cc2ccccc2F)cc1. The molecule has 0 spiro atoms. The van der Waals surface area contributed by atoms with Crippen LogP contribution < -0.4 is 10.6 Å². The normalized spacial score (nSPS) is 12.2. The van der Waals surface area contributed by atoms with Gasteiger partial charge in [0.2, 0.25) is 0 Å². The van der Waals surface area contributed by atoms with Crippen LogP contribution in [-0.4, -0.2) is 7.05 Å². The van der Waals surface area contributed by atoms with Crippen molar-refractivity contribution in [2.24, 2.45) is 5.73 Å². The van der Waals surface area contributed by atoms with Crippen molar-refractivity contribution < 1.29 is 4.39 Å². The molecule has 2 aromatic carbocycles. The van der Waals surface area contributed by atoms with E-state index in [1.54, 1.807) is 6.07 Å². The van der Waals surface area contributed by atoms with Crippen LogP contribution in [0, 0.1) is 5.82 Å². The van der Waals surface area contributed by atoms with Gasteiger partial charge in [-0.05, 0) is 30.7 Å². The molecule has 0 amide bonds. The summed E-state index contributed by atoms with van der Waals surface area (Å²) in [5.41, 5.74) is 8.66. The van der Waals surface area contributed by atoms with Crippen molar-refractivity contribution in [3.05, 3.63) is 65.5 Å². The van der Waals surface area contributed by atoms with Crippen LogP contribution in [0.2, 0.25) is 0 Å². The number of hydrogen-bond donors (Lipinski definition) is 1. The van der Waals surface area contributed by atoms with E-state index in [1.807, 2.05) is 55.3 Å². The predicted molar refractivity (Wildman–Crippen MR) is 77.6 cm³/mol. The molecule has 2 aromatic rings. The lowest BCUT2D eigenvalue weighted by Gasteiger charge is -2.20. The van der Waals surface area contributed by atoms with Crippen LogP contribution in [0.4, 0.5) is 10.1 Å². The van der Waals surface area contributed by atoms with Gasteiger partial charge in [0.15, 0.2) is 0 Å². The number of nitrogens with two attached hydrogens (primary N) is 1. The molecule has 0 aliphatic heterocycles. The fourth-order valence-corrected chi connectivity index (χ4v) is 2.01. The molecule has 0 radical (unpaired) electrons. The van der Waals surface area contributed by atoms with Crippen LogP contribution in [0.1, 0.15) is 24.1 Å². The second-order valence-electron chi connectivity index (χ2n) is 4.83. The van der Waals surface area contributed by atoms with Crippen molar-refractivity contribution in [2.45, 2.75) is 19.5 Å². The van der Waals surface area contributed by atoms with Crippen molar-refractivity contribution in [1.29, 1.82) is 0 Å². The zero-order valence-electron chi connectivity index (χ0n) is 11.3. The van der Waals surface area contributed by atoms with Crippen molar-refractivity contribution in [2.75, 3.05) is 11.9 Å². The molecule has 0 unspecified atom stereocenters. The van der Waals surface area contributed by atoms with E-state index in [2.05, 4.69) is 0 Å². The maximum Gasteiger partial charge on any atom is 0.128 e. The summed E-state index contributed by atoms with van der Waals surface area (Å²) >= 11 is 0. The average molecular weight is 258 g/mol. The minimum atomic E-state index is -0.165. The first kappa shape index (κ1) is 13.6. The molecule has 0 aliphatic carbocycles. The highest BCUT2D eigenvalue weighted by Crippen LogP contribution is 2.19. The highest BCUT2D eigenvalue weighted by atomic mass is 19.1. The minimum Gasteiger partial charge on any atom is -0.370 e. The summed E-state index contributed by atoms with van der Waals surface area (Å²) in [6, 6.07) is 14.9. The Morgan fingerprint density at radius 2 is 1.74 bits per heavy atom. The third-order valence-electron chi connectivity index (χ3n) is 3.22. The van der Waals surface area contributed by atoms with Gasteiger partial charge in [-0.3, -0.25) is 0 Å². The van der Waals surface area contributed by atoms with Gasteiger partial charge in [0, 0.05) is 30.9 Å². The first-order valence-corrected chi connectivity index (χ1v) is 6.38. The number of benzene rings is 2. The highest BCUT2D eigenvalue weighted by Gasteiger charge is 2.06. The van der Waals surface area contributed by atoms with Gasteiger partial charge < -0.3 is 10.6 Å². The lowest BCUT2D eigenvalue weighted by Crippen LogP contribution is -2.17. The lowest BCUT2D eigenvalue weighted by molar-refractivity contribution is 0.608. The van der Waals surface area contributed by atoms with Gasteiger partial charge in [0.25, 0.3) is 0 Å². The largest absolute Gasteiger partial charge is 0.370 e. The second-order valence-corrected chi connectivity index (χ2v) is 4.83. The summed E-state index contributed by atoms with van der Waals surface area (Å²) in [5.74, 6) is -0.165. The van der Waals surface area contributed by atoms with Crippen molar-refractivity contribution in [3.63, 3.8) is 0 Å². The monoisotopic (exact) mass is 258 g/mol. The number of hydrogen-bond acceptors (Lipinski definition) is 2. The zero-order valence-corrected chi connectivity index (χ0v) is 11.3. The third kappa shape index (κ3) is 3.32. The van der Waals surface area contributed by atoms with Gasteiger partial charge in [-0.25, -0.2) is 4.39 Å². The molecule has 0 saturated carbocycles. The number of anilines is 1. The molecule has 2 rings (SSSR count). The van der Waals surface area contributed by atoms with E-state index in [-0.39, 0.29) is 11.9 Å². The van der Waals surface area contributed by atoms with Gasteiger partial charge in [-0.15, -0.1) is 0 Å². The first-order chi connectivity index (χ1) is 9.08. The first-order valence-electron chi connectivity index (χ1n) is 6.38. The Labute approximate surface area is 113 Å². The fourth-order valence-electron chi connectivity index (χ4n) is 2.01. The average Bonchev–Trinajstić information content (AvgIpc) is 2.41. The van der Waals surface area contributed by atoms with E-state index in [0.717, 1.165) is 11.3 Å². The Morgan fingerprint density at radius 1 is 1.11 bits per heavy atom. The van der Waals surface area contributed by atoms with E-state index in [9.17, 15) is 4.39 Å². The van der Waals surface area contributed by atoms with Crippen molar-refractivity contribution in [1.82, 2.24) is 0 Å². The van der Waals surface area contributed by atoms with Gasteiger partial charge in [0.05, 0.1) is 0 Å². The molecule has 100 valence electrons. The Balaban J connectivity index is 2.12. The molecular weight excluding hydrogens is 239 g/mol. The molecule has 0 fully saturated rings. The number of rotatable bonds is 4. The molecule has 3 heteroatoms. The van der Waals surface area contributed by atoms with Crippen LogP contribution in [0.5, 0.6) is 0 Å². The molecule has 0 heterocycles. The maximum atomic E-state index is 13.6. The van der Waals surface area contributed by atoms with Crippen molar-refractivity contribution >= 4 is 5.69 Å². The summed E-state index contributed by atoms with van der Waals surface area (Å²) in [4.78, 5) is 2.02. The fraction of sp³-hybridized carbons (Fsp3) is 0.250. The van der Waals surface area contributed by atoms with Gasteiger partial charge >= 0.3 is 0 Å². The van der Waals surface area contributed by atoms with E-state index < -0.39 is 0 Å². The minimum absolute atomic E-state index is 0.0333. The molecule has 2 nitrogen and oxygen atoms in total. The summed E-state index contributed by atoms with van der Waals surface area (Å²) < 4.78 is 13.6. The van der Waals surface area contributed by atoms with Gasteiger partial charge in [-0.1, -0.05) is 30.3 Å². The molecule has 2 N–H and O–H groups in total. The molecule has 1 atom stereocenters. The summed E-state index contributed by atoms with van der Waals surface area (Å²) in [6.07, 6.45) is 0. The summed E-state index contributed by atoms with van der Waals surface area (Å²) in [7, 11) is 1.95. The number of nitrogens with zero attached hydrogens (tertiary/aromatic N) is 1. The van der Waals surface area contributed by atoms with Crippen LogP contribution in [0.15, 0.2) is 48.5 Å². The zero-order chi connectivity index (χ0) is 13.8. The van der Waals surface area contributed by atoms with Crippen LogP contribution >= 0.6 is 0 Å². The Kier molecular flexibility index (Phi) is 4.17. The standard InChI is InChI=1S/C16H19FN2/c1-12(18)13-7-9-15(10-8-13)19(2)11-14-5-3-4-6-16(14)17/h3-10,12H,11,18H2,1-2H3/t12-/m1/s1. The summed E-state index contributed by atoms with van der Waals surface area (Å²) in [5, 5.41) is 0. The highest BCUT2D eigenvalue weighted by molar-refractivity contribution is 5.47. The molecule has 0 aliphatic rings. The number of halogens is 1. The molecule has 0 aromatic heterocycles. The summed E-state index contributed by atoms with van der Waals surface area (Å²) in [6.45, 7) is 2.50. The van der Waals surface area contributed by atoms with E-state index in [0.29, 0.717) is 12.1 Å².